The summed E-state index contributed by atoms with van der Waals surface area (Å²) < 4.78 is 5.75. The number of ether oxygens (including phenoxy) is 1. The number of carbonyl (C=O) groups excluding carboxylic acids is 1. The second-order valence-corrected chi connectivity index (χ2v) is 8.44. The molecule has 0 atom stereocenters. The fourth-order valence-corrected chi connectivity index (χ4v) is 3.97. The summed E-state index contributed by atoms with van der Waals surface area (Å²) in [4.78, 5) is 14.4. The molecule has 142 valence electrons. The quantitative estimate of drug-likeness (QED) is 0.824. The third kappa shape index (κ3) is 4.01. The number of fused-ring (bicyclic) bond motifs is 3. The van der Waals surface area contributed by atoms with Gasteiger partial charge in [0, 0.05) is 12.5 Å². The van der Waals surface area contributed by atoms with Gasteiger partial charge in [-0.05, 0) is 54.9 Å². The van der Waals surface area contributed by atoms with E-state index in [0.29, 0.717) is 25.6 Å². The van der Waals surface area contributed by atoms with Crippen molar-refractivity contribution in [3.63, 3.8) is 0 Å². The Hall–Kier alpha value is -2.33. The molecule has 1 fully saturated rings. The zero-order valence-corrected chi connectivity index (χ0v) is 16.0. The summed E-state index contributed by atoms with van der Waals surface area (Å²) in [5, 5.41) is 10.2. The highest BCUT2D eigenvalue weighted by molar-refractivity contribution is 5.79. The third-order valence-corrected chi connectivity index (χ3v) is 5.35. The Morgan fingerprint density at radius 3 is 2.15 bits per heavy atom. The summed E-state index contributed by atoms with van der Waals surface area (Å²) in [6, 6.07) is 16.7. The zero-order chi connectivity index (χ0) is 19.0. The van der Waals surface area contributed by atoms with E-state index in [9.17, 15) is 9.90 Å². The van der Waals surface area contributed by atoms with Crippen LogP contribution in [0.2, 0.25) is 0 Å². The first-order chi connectivity index (χ1) is 12.9. The van der Waals surface area contributed by atoms with E-state index in [0.717, 1.165) is 12.8 Å². The highest BCUT2D eigenvalue weighted by atomic mass is 16.6. The molecule has 2 aromatic carbocycles. The molecule has 0 unspecified atom stereocenters. The molecule has 0 heterocycles. The minimum absolute atomic E-state index is 0.0614. The molecule has 2 aliphatic rings. The van der Waals surface area contributed by atoms with Gasteiger partial charge in [0.05, 0.1) is 12.1 Å². The van der Waals surface area contributed by atoms with E-state index in [1.165, 1.54) is 22.3 Å². The van der Waals surface area contributed by atoms with Gasteiger partial charge < -0.3 is 14.7 Å². The zero-order valence-electron chi connectivity index (χ0n) is 16.0. The van der Waals surface area contributed by atoms with E-state index in [4.69, 9.17) is 4.74 Å². The highest BCUT2D eigenvalue weighted by Crippen LogP contribution is 2.44. The van der Waals surface area contributed by atoms with Crippen molar-refractivity contribution in [2.24, 2.45) is 5.92 Å². The van der Waals surface area contributed by atoms with Crippen LogP contribution in [0.1, 0.15) is 43.7 Å². The Bertz CT molecular complexity index is 790. The molecule has 4 rings (SSSR count). The molecule has 1 saturated carbocycles. The minimum Gasteiger partial charge on any atom is -0.448 e. The number of hydrogen-bond donors (Lipinski definition) is 1. The molecule has 2 aromatic rings. The van der Waals surface area contributed by atoms with Crippen LogP contribution in [0.15, 0.2) is 48.5 Å². The summed E-state index contributed by atoms with van der Waals surface area (Å²) >= 11 is 0. The first kappa shape index (κ1) is 18.1. The van der Waals surface area contributed by atoms with Crippen molar-refractivity contribution >= 4 is 6.09 Å². The summed E-state index contributed by atoms with van der Waals surface area (Å²) in [6.45, 7) is 4.73. The first-order valence-corrected chi connectivity index (χ1v) is 9.75. The van der Waals surface area contributed by atoms with Gasteiger partial charge in [0.25, 0.3) is 0 Å². The van der Waals surface area contributed by atoms with Crippen molar-refractivity contribution in [1.29, 1.82) is 0 Å². The molecule has 0 saturated heterocycles. The lowest BCUT2D eigenvalue weighted by molar-refractivity contribution is 0.0258. The lowest BCUT2D eigenvalue weighted by Gasteiger charge is -2.29. The third-order valence-electron chi connectivity index (χ3n) is 5.35. The van der Waals surface area contributed by atoms with Crippen molar-refractivity contribution < 1.29 is 14.6 Å². The fourth-order valence-electron chi connectivity index (χ4n) is 3.97. The molecule has 27 heavy (non-hydrogen) atoms. The van der Waals surface area contributed by atoms with E-state index < -0.39 is 5.60 Å². The largest absolute Gasteiger partial charge is 0.448 e. The van der Waals surface area contributed by atoms with Gasteiger partial charge in [-0.3, -0.25) is 0 Å². The van der Waals surface area contributed by atoms with Crippen molar-refractivity contribution in [1.82, 2.24) is 4.90 Å². The Morgan fingerprint density at radius 1 is 1.07 bits per heavy atom. The van der Waals surface area contributed by atoms with Gasteiger partial charge in [-0.25, -0.2) is 4.79 Å². The van der Waals surface area contributed by atoms with Crippen LogP contribution in [0, 0.1) is 5.92 Å². The molecule has 4 nitrogen and oxygen atoms in total. The Labute approximate surface area is 160 Å². The van der Waals surface area contributed by atoms with Crippen LogP contribution in [0.25, 0.3) is 11.1 Å². The number of amides is 1. The topological polar surface area (TPSA) is 49.8 Å². The van der Waals surface area contributed by atoms with Crippen LogP contribution < -0.4 is 0 Å². The van der Waals surface area contributed by atoms with Crippen molar-refractivity contribution in [3.8, 4) is 11.1 Å². The second kappa shape index (κ2) is 7.01. The maximum atomic E-state index is 12.8. The van der Waals surface area contributed by atoms with Gasteiger partial charge in [-0.1, -0.05) is 48.5 Å². The van der Waals surface area contributed by atoms with Gasteiger partial charge in [0.2, 0.25) is 0 Å². The number of nitrogens with zero attached hydrogens (tertiary/aromatic N) is 1. The molecule has 0 spiro atoms. The van der Waals surface area contributed by atoms with E-state index in [1.807, 2.05) is 24.3 Å². The number of benzene rings is 2. The lowest BCUT2D eigenvalue weighted by Crippen LogP contribution is -2.43. The Morgan fingerprint density at radius 2 is 1.63 bits per heavy atom. The van der Waals surface area contributed by atoms with E-state index in [2.05, 4.69) is 24.3 Å². The highest BCUT2D eigenvalue weighted by Gasteiger charge is 2.33. The fraction of sp³-hybridized carbons (Fsp3) is 0.435. The van der Waals surface area contributed by atoms with Crippen LogP contribution in [-0.2, 0) is 4.74 Å². The first-order valence-electron chi connectivity index (χ1n) is 9.75. The average Bonchev–Trinajstić information content (AvgIpc) is 3.39. The number of rotatable bonds is 6. The van der Waals surface area contributed by atoms with E-state index in [1.54, 1.807) is 18.7 Å². The van der Waals surface area contributed by atoms with Gasteiger partial charge in [-0.15, -0.1) is 0 Å². The number of carbonyl (C=O) groups is 1. The van der Waals surface area contributed by atoms with Gasteiger partial charge in [0.15, 0.2) is 0 Å². The molecule has 4 heteroatoms. The van der Waals surface area contributed by atoms with Gasteiger partial charge >= 0.3 is 6.09 Å². The molecular weight excluding hydrogens is 338 g/mol. The molecule has 1 amide bonds. The molecule has 0 aliphatic heterocycles. The maximum absolute atomic E-state index is 12.8. The van der Waals surface area contributed by atoms with Gasteiger partial charge in [-0.2, -0.15) is 0 Å². The second-order valence-electron chi connectivity index (χ2n) is 8.44. The molecular formula is C23H27NO3. The molecule has 1 N–H and O–H groups in total. The predicted molar refractivity (Wildman–Crippen MR) is 106 cm³/mol. The van der Waals surface area contributed by atoms with E-state index in [-0.39, 0.29) is 12.0 Å². The van der Waals surface area contributed by atoms with Gasteiger partial charge in [0.1, 0.15) is 6.61 Å². The molecule has 0 aromatic heterocycles. The summed E-state index contributed by atoms with van der Waals surface area (Å²) in [7, 11) is 0. The number of aliphatic hydroxyl groups is 1. The maximum Gasteiger partial charge on any atom is 0.409 e. The van der Waals surface area contributed by atoms with Crippen LogP contribution in [0.3, 0.4) is 0 Å². The number of hydrogen-bond acceptors (Lipinski definition) is 3. The predicted octanol–water partition coefficient (Wildman–Crippen LogP) is 4.42. The van der Waals surface area contributed by atoms with Crippen LogP contribution >= 0.6 is 0 Å². The average molecular weight is 365 g/mol. The minimum atomic E-state index is -0.930. The molecule has 2 aliphatic carbocycles. The van der Waals surface area contributed by atoms with Crippen LogP contribution in [0.5, 0.6) is 0 Å². The summed E-state index contributed by atoms with van der Waals surface area (Å²) in [5.74, 6) is 0.610. The van der Waals surface area contributed by atoms with Crippen molar-refractivity contribution in [3.05, 3.63) is 59.7 Å². The SMILES string of the molecule is CC(C)(O)CN(CC1CC1)C(=O)OCC1c2ccccc2-c2ccccc21. The van der Waals surface area contributed by atoms with E-state index >= 15 is 0 Å². The molecule has 0 radical (unpaired) electrons. The lowest BCUT2D eigenvalue weighted by atomic mass is 9.98. The van der Waals surface area contributed by atoms with Crippen LogP contribution in [-0.4, -0.2) is 41.4 Å². The Balaban J connectivity index is 1.49. The van der Waals surface area contributed by atoms with Crippen LogP contribution in [0.4, 0.5) is 4.79 Å². The monoisotopic (exact) mass is 365 g/mol. The van der Waals surface area contributed by atoms with Crippen molar-refractivity contribution in [2.75, 3.05) is 19.7 Å². The standard InChI is InChI=1S/C23H27NO3/c1-23(2,26)15-24(13-16-11-12-16)22(25)27-14-21-19-9-5-3-7-17(19)18-8-4-6-10-20(18)21/h3-10,16,21,26H,11-15H2,1-2H3. The summed E-state index contributed by atoms with van der Waals surface area (Å²) in [6.07, 6.45) is 1.98. The molecule has 0 bridgehead atoms. The summed E-state index contributed by atoms with van der Waals surface area (Å²) in [5.41, 5.74) is 3.94. The normalized spacial score (nSPS) is 16.0. The Kier molecular flexibility index (Phi) is 4.68. The smallest absolute Gasteiger partial charge is 0.409 e. The van der Waals surface area contributed by atoms with Crippen molar-refractivity contribution in [2.45, 2.75) is 38.2 Å².